The number of rotatable bonds is 11. The Balaban J connectivity index is 1.44. The number of allylic oxidation sites excluding steroid dienone is 2. The highest BCUT2D eigenvalue weighted by atomic mass is 16.5. The maximum atomic E-state index is 11.9. The number of esters is 1. The summed E-state index contributed by atoms with van der Waals surface area (Å²) in [4.78, 5) is 23.7. The van der Waals surface area contributed by atoms with Gasteiger partial charge >= 0.3 is 5.97 Å². The predicted molar refractivity (Wildman–Crippen MR) is 112 cm³/mol. The largest absolute Gasteiger partial charge is 0.508 e. The second-order valence-corrected chi connectivity index (χ2v) is 7.32. The molecule has 1 unspecified atom stereocenters. The summed E-state index contributed by atoms with van der Waals surface area (Å²) in [6.45, 7) is 1.34. The van der Waals surface area contributed by atoms with Crippen molar-refractivity contribution < 1.29 is 24.2 Å². The first-order valence-electron chi connectivity index (χ1n) is 10.6. The summed E-state index contributed by atoms with van der Waals surface area (Å²) >= 11 is 0. The van der Waals surface area contributed by atoms with Crippen molar-refractivity contribution in [3.63, 3.8) is 0 Å². The van der Waals surface area contributed by atoms with E-state index in [-0.39, 0.29) is 23.7 Å². The minimum absolute atomic E-state index is 0.0404. The molecule has 6 nitrogen and oxygen atoms in total. The third-order valence-corrected chi connectivity index (χ3v) is 4.83. The van der Waals surface area contributed by atoms with Crippen LogP contribution < -0.4 is 5.32 Å². The highest BCUT2D eigenvalue weighted by Crippen LogP contribution is 2.16. The number of benzene rings is 1. The van der Waals surface area contributed by atoms with Gasteiger partial charge in [-0.25, -0.2) is 0 Å². The molecule has 160 valence electrons. The van der Waals surface area contributed by atoms with Crippen LogP contribution in [0.25, 0.3) is 0 Å². The molecule has 1 aliphatic rings. The average Bonchev–Trinajstić information content (AvgIpc) is 2.68. The molecular weight excluding hydrogens is 370 g/mol. The first-order valence-corrected chi connectivity index (χ1v) is 10.6. The molecule has 0 fully saturated rings. The van der Waals surface area contributed by atoms with Crippen molar-refractivity contribution >= 4 is 11.9 Å². The molecule has 2 N–H and O–H groups in total. The molecule has 0 spiro atoms. The number of phenolic OH excluding ortho intramolecular Hbond substituents is 1. The normalized spacial score (nSPS) is 17.7. The molecule has 2 rings (SSSR count). The van der Waals surface area contributed by atoms with E-state index in [1.165, 1.54) is 0 Å². The zero-order chi connectivity index (χ0) is 20.7. The van der Waals surface area contributed by atoms with Crippen LogP contribution in [0.5, 0.6) is 5.75 Å². The van der Waals surface area contributed by atoms with Crippen LogP contribution >= 0.6 is 0 Å². The second kappa shape index (κ2) is 13.8. The van der Waals surface area contributed by atoms with Gasteiger partial charge in [-0.3, -0.25) is 9.59 Å². The van der Waals surface area contributed by atoms with Crippen LogP contribution in [0.15, 0.2) is 36.4 Å². The van der Waals surface area contributed by atoms with Gasteiger partial charge in [-0.1, -0.05) is 24.3 Å². The quantitative estimate of drug-likeness (QED) is 0.335. The zero-order valence-corrected chi connectivity index (χ0v) is 17.1. The Morgan fingerprint density at radius 1 is 1.03 bits per heavy atom. The van der Waals surface area contributed by atoms with Gasteiger partial charge in [0.05, 0.1) is 6.61 Å². The standard InChI is InChI=1S/C23H33NO5/c25-20-12-10-19(11-13-20)14-16-24-22(26)15-18-28-17-6-9-23(27)29-21-7-4-2-1-3-5-8-21/h1-2,10-13,21,25H,3-9,14-18H2,(H,24,26)/b2-1+. The number of amides is 1. The lowest BCUT2D eigenvalue weighted by atomic mass is 10.0. The van der Waals surface area contributed by atoms with Crippen molar-refractivity contribution in [3.05, 3.63) is 42.0 Å². The highest BCUT2D eigenvalue weighted by molar-refractivity contribution is 5.75. The molecule has 1 aliphatic carbocycles. The molecule has 0 bridgehead atoms. The summed E-state index contributed by atoms with van der Waals surface area (Å²) in [7, 11) is 0. The molecule has 0 aliphatic heterocycles. The Bertz CT molecular complexity index is 641. The van der Waals surface area contributed by atoms with E-state index in [0.717, 1.165) is 37.7 Å². The van der Waals surface area contributed by atoms with Gasteiger partial charge in [0.2, 0.25) is 5.91 Å². The van der Waals surface area contributed by atoms with Crippen LogP contribution in [0, 0.1) is 0 Å². The molecule has 1 aromatic carbocycles. The number of aromatic hydroxyl groups is 1. The molecule has 1 atom stereocenters. The van der Waals surface area contributed by atoms with Crippen molar-refractivity contribution in [2.45, 2.75) is 63.9 Å². The second-order valence-electron chi connectivity index (χ2n) is 7.32. The zero-order valence-electron chi connectivity index (χ0n) is 17.1. The van der Waals surface area contributed by atoms with Crippen molar-refractivity contribution in [2.75, 3.05) is 19.8 Å². The molecule has 1 aromatic rings. The molecule has 0 radical (unpaired) electrons. The van der Waals surface area contributed by atoms with Gasteiger partial charge in [0.15, 0.2) is 0 Å². The number of hydrogen-bond donors (Lipinski definition) is 2. The lowest BCUT2D eigenvalue weighted by Crippen LogP contribution is -2.26. The molecule has 0 saturated carbocycles. The molecule has 29 heavy (non-hydrogen) atoms. The summed E-state index contributed by atoms with van der Waals surface area (Å²) in [5, 5.41) is 12.1. The van der Waals surface area contributed by atoms with Crippen LogP contribution in [-0.4, -0.2) is 42.8 Å². The molecule has 0 heterocycles. The smallest absolute Gasteiger partial charge is 0.306 e. The number of carbonyl (C=O) groups excluding carboxylic acids is 2. The average molecular weight is 404 g/mol. The lowest BCUT2D eigenvalue weighted by molar-refractivity contribution is -0.150. The van der Waals surface area contributed by atoms with Gasteiger partial charge in [0, 0.05) is 26.0 Å². The topological polar surface area (TPSA) is 84.9 Å². The fraction of sp³-hybridized carbons (Fsp3) is 0.565. The highest BCUT2D eigenvalue weighted by Gasteiger charge is 2.14. The minimum Gasteiger partial charge on any atom is -0.508 e. The summed E-state index contributed by atoms with van der Waals surface area (Å²) in [6.07, 6.45) is 11.3. The number of carbonyl (C=O) groups is 2. The molecule has 0 aromatic heterocycles. The van der Waals surface area contributed by atoms with Crippen LogP contribution in [0.3, 0.4) is 0 Å². The Morgan fingerprint density at radius 2 is 1.83 bits per heavy atom. The number of nitrogens with one attached hydrogen (secondary N) is 1. The predicted octanol–water partition coefficient (Wildman–Crippen LogP) is 3.67. The monoisotopic (exact) mass is 403 g/mol. The SMILES string of the molecule is O=C(CCOCCCC(=O)OC1CC/C=C/CCC1)NCCc1ccc(O)cc1. The Labute approximate surface area is 173 Å². The van der Waals surface area contributed by atoms with Crippen molar-refractivity contribution in [2.24, 2.45) is 0 Å². The van der Waals surface area contributed by atoms with E-state index in [0.29, 0.717) is 45.4 Å². The third kappa shape index (κ3) is 10.7. The number of ether oxygens (including phenoxy) is 2. The van der Waals surface area contributed by atoms with E-state index in [9.17, 15) is 14.7 Å². The Kier molecular flexibility index (Phi) is 10.9. The fourth-order valence-electron chi connectivity index (χ4n) is 3.17. The van der Waals surface area contributed by atoms with Crippen LogP contribution in [0.4, 0.5) is 0 Å². The van der Waals surface area contributed by atoms with E-state index < -0.39 is 0 Å². The van der Waals surface area contributed by atoms with E-state index in [4.69, 9.17) is 9.47 Å². The van der Waals surface area contributed by atoms with E-state index in [2.05, 4.69) is 17.5 Å². The van der Waals surface area contributed by atoms with E-state index in [1.807, 2.05) is 12.1 Å². The third-order valence-electron chi connectivity index (χ3n) is 4.83. The molecule has 1 amide bonds. The maximum absolute atomic E-state index is 11.9. The number of hydrogen-bond acceptors (Lipinski definition) is 5. The first-order chi connectivity index (χ1) is 14.1. The lowest BCUT2D eigenvalue weighted by Gasteiger charge is -2.18. The molecular formula is C23H33NO5. The summed E-state index contributed by atoms with van der Waals surface area (Å²) < 4.78 is 11.0. The van der Waals surface area contributed by atoms with Crippen LogP contribution in [0.1, 0.15) is 56.9 Å². The first kappa shape index (κ1) is 22.9. The Hall–Kier alpha value is -2.34. The number of phenols is 1. The van der Waals surface area contributed by atoms with Gasteiger partial charge in [0.1, 0.15) is 11.9 Å². The van der Waals surface area contributed by atoms with Crippen molar-refractivity contribution in [1.29, 1.82) is 0 Å². The van der Waals surface area contributed by atoms with Crippen LogP contribution in [0.2, 0.25) is 0 Å². The summed E-state index contributed by atoms with van der Waals surface area (Å²) in [5.74, 6) is 0.0251. The van der Waals surface area contributed by atoms with Crippen molar-refractivity contribution in [1.82, 2.24) is 5.32 Å². The van der Waals surface area contributed by atoms with Gasteiger partial charge in [-0.15, -0.1) is 0 Å². The molecule has 0 saturated heterocycles. The minimum atomic E-state index is -0.157. The van der Waals surface area contributed by atoms with Gasteiger partial charge in [-0.2, -0.15) is 0 Å². The Morgan fingerprint density at radius 3 is 2.66 bits per heavy atom. The maximum Gasteiger partial charge on any atom is 0.306 e. The van der Waals surface area contributed by atoms with Gasteiger partial charge in [-0.05, 0) is 62.6 Å². The summed E-state index contributed by atoms with van der Waals surface area (Å²) in [6, 6.07) is 6.94. The van der Waals surface area contributed by atoms with Gasteiger partial charge < -0.3 is 19.9 Å². The van der Waals surface area contributed by atoms with E-state index in [1.54, 1.807) is 12.1 Å². The van der Waals surface area contributed by atoms with Crippen LogP contribution in [-0.2, 0) is 25.5 Å². The van der Waals surface area contributed by atoms with E-state index >= 15 is 0 Å². The van der Waals surface area contributed by atoms with Gasteiger partial charge in [0.25, 0.3) is 0 Å². The molecule has 6 heteroatoms. The summed E-state index contributed by atoms with van der Waals surface area (Å²) in [5.41, 5.74) is 1.06. The fourth-order valence-corrected chi connectivity index (χ4v) is 3.17. The van der Waals surface area contributed by atoms with Crippen molar-refractivity contribution in [3.8, 4) is 5.75 Å².